The molecule has 14 rings (SSSR count). The first-order valence-electron chi connectivity index (χ1n) is 27.7. The molecule has 1 aliphatic rings. The number of aryl methyl sites for hydroxylation is 3. The summed E-state index contributed by atoms with van der Waals surface area (Å²) < 4.78 is 0. The lowest BCUT2D eigenvalue weighted by atomic mass is 9.85. The Labute approximate surface area is 481 Å². The smallest absolute Gasteiger partial charge is 0.166 e. The van der Waals surface area contributed by atoms with Gasteiger partial charge in [-0.3, -0.25) is 4.90 Å². The van der Waals surface area contributed by atoms with Gasteiger partial charge < -0.3 is 4.90 Å². The van der Waals surface area contributed by atoms with Gasteiger partial charge in [0.1, 0.15) is 5.82 Å². The number of anilines is 6. The van der Waals surface area contributed by atoms with E-state index in [0.29, 0.717) is 40.8 Å². The quantitative estimate of drug-likeness (QED) is 0.124. The predicted molar refractivity (Wildman–Crippen MR) is 335 cm³/mol. The molecule has 4 heterocycles. The van der Waals surface area contributed by atoms with Gasteiger partial charge in [-0.25, -0.2) is 39.9 Å². The molecule has 0 unspecified atom stereocenters. The van der Waals surface area contributed by atoms with E-state index in [1.807, 2.05) is 158 Å². The van der Waals surface area contributed by atoms with Gasteiger partial charge in [-0.15, -0.1) is 0 Å². The molecular weight excluding hydrogens is 1020 g/mol. The summed E-state index contributed by atoms with van der Waals surface area (Å²) in [6.45, 7) is 6.52. The lowest BCUT2D eigenvalue weighted by molar-refractivity contribution is 1.06. The zero-order chi connectivity index (χ0) is 55.8. The van der Waals surface area contributed by atoms with Crippen molar-refractivity contribution in [3.8, 4) is 102 Å². The molecule has 3 aromatic heterocycles. The van der Waals surface area contributed by atoms with E-state index < -0.39 is 0 Å². The van der Waals surface area contributed by atoms with Crippen molar-refractivity contribution in [2.45, 2.75) is 20.8 Å². The van der Waals surface area contributed by atoms with Crippen LogP contribution in [0.5, 0.6) is 0 Å². The second-order valence-corrected chi connectivity index (χ2v) is 20.5. The topological polar surface area (TPSA) is 110 Å². The van der Waals surface area contributed by atoms with Gasteiger partial charge in [-0.05, 0) is 73.9 Å². The van der Waals surface area contributed by atoms with E-state index in [1.54, 1.807) is 0 Å². The summed E-state index contributed by atoms with van der Waals surface area (Å²) in [5.41, 5.74) is 17.3. The van der Waals surface area contributed by atoms with E-state index in [0.717, 1.165) is 112 Å². The van der Waals surface area contributed by atoms with E-state index >= 15 is 0 Å². The third kappa shape index (κ3) is 9.53. The third-order valence-corrected chi connectivity index (χ3v) is 15.0. The van der Waals surface area contributed by atoms with Crippen molar-refractivity contribution in [1.29, 1.82) is 0 Å². The van der Waals surface area contributed by atoms with Crippen LogP contribution in [0.4, 0.5) is 34.3 Å². The molecule has 0 N–H and O–H groups in total. The highest BCUT2D eigenvalue weighted by molar-refractivity contribution is 6.08. The number of hydrogen-bond acceptors (Lipinski definition) is 10. The number of para-hydroxylation sites is 4. The van der Waals surface area contributed by atoms with Crippen LogP contribution < -0.4 is 9.80 Å². The standard InChI is InChI=1S/C73H52N10/c1-47-44-48(2)64(49(3)45-47)65-56(72-78-68(52-30-14-6-15-31-52)76-69(79-72)53-32-16-7-17-33-53)42-43-62(66(65)73-80-70(54-34-18-8-19-35-54)77-71(81-73)55-36-20-9-21-37-55)82-58-38-22-24-40-60(58)83(61-41-25-23-39-59(61)82)63-46-57(50-26-10-4-11-27-50)74-67(75-63)51-28-12-5-13-29-51/h4-46H,1-3H3. The number of fused-ring (bicyclic) bond motifs is 2. The molecule has 0 atom stereocenters. The fraction of sp³-hybridized carbons (Fsp3) is 0.0411. The number of nitrogens with zero attached hydrogens (tertiary/aromatic N) is 10. The molecule has 10 heteroatoms. The molecule has 0 bridgehead atoms. The molecule has 13 aromatic rings. The minimum Gasteiger partial charge on any atom is -0.306 e. The van der Waals surface area contributed by atoms with Gasteiger partial charge in [0.15, 0.2) is 40.8 Å². The van der Waals surface area contributed by atoms with Crippen LogP contribution in [0, 0.1) is 20.8 Å². The Balaban J connectivity index is 1.10. The van der Waals surface area contributed by atoms with Crippen LogP contribution in [0.1, 0.15) is 16.7 Å². The zero-order valence-electron chi connectivity index (χ0n) is 45.8. The lowest BCUT2D eigenvalue weighted by Gasteiger charge is -2.40. The van der Waals surface area contributed by atoms with Crippen LogP contribution in [0.3, 0.4) is 0 Å². The molecule has 0 radical (unpaired) electrons. The van der Waals surface area contributed by atoms with Gasteiger partial charge in [-0.2, -0.15) is 0 Å². The minimum absolute atomic E-state index is 0.470. The highest BCUT2D eigenvalue weighted by atomic mass is 15.3. The van der Waals surface area contributed by atoms with Crippen molar-refractivity contribution in [3.05, 3.63) is 278 Å². The molecule has 394 valence electrons. The van der Waals surface area contributed by atoms with Crippen LogP contribution in [0.15, 0.2) is 261 Å². The summed E-state index contributed by atoms with van der Waals surface area (Å²) >= 11 is 0. The van der Waals surface area contributed by atoms with E-state index in [9.17, 15) is 0 Å². The van der Waals surface area contributed by atoms with Crippen LogP contribution in [0.25, 0.3) is 102 Å². The Morgan fingerprint density at radius 3 is 0.988 bits per heavy atom. The van der Waals surface area contributed by atoms with Gasteiger partial charge in [0.05, 0.1) is 39.7 Å². The average Bonchev–Trinajstić information content (AvgIpc) is 3.10. The van der Waals surface area contributed by atoms with Gasteiger partial charge >= 0.3 is 0 Å². The first-order valence-corrected chi connectivity index (χ1v) is 27.7. The molecule has 0 aliphatic carbocycles. The largest absolute Gasteiger partial charge is 0.306 e. The third-order valence-electron chi connectivity index (χ3n) is 15.0. The van der Waals surface area contributed by atoms with Crippen LogP contribution >= 0.6 is 0 Å². The molecule has 10 aromatic carbocycles. The van der Waals surface area contributed by atoms with Gasteiger partial charge in [0.2, 0.25) is 0 Å². The lowest BCUT2D eigenvalue weighted by Crippen LogP contribution is -2.25. The number of hydrogen-bond donors (Lipinski definition) is 0. The molecule has 0 saturated heterocycles. The fourth-order valence-electron chi connectivity index (χ4n) is 11.3. The Hall–Kier alpha value is -11.1. The Kier molecular flexibility index (Phi) is 13.0. The summed E-state index contributed by atoms with van der Waals surface area (Å²) in [6.07, 6.45) is 0. The minimum atomic E-state index is 0.470. The average molecular weight is 1070 g/mol. The molecule has 0 spiro atoms. The van der Waals surface area contributed by atoms with Crippen LogP contribution in [0.2, 0.25) is 0 Å². The molecule has 10 nitrogen and oxygen atoms in total. The number of aromatic nitrogens is 8. The molecule has 83 heavy (non-hydrogen) atoms. The molecular formula is C73H52N10. The van der Waals surface area contributed by atoms with Crippen molar-refractivity contribution in [2.24, 2.45) is 0 Å². The van der Waals surface area contributed by atoms with E-state index in [1.165, 1.54) is 0 Å². The summed E-state index contributed by atoms with van der Waals surface area (Å²) in [5.74, 6) is 4.47. The highest BCUT2D eigenvalue weighted by Crippen LogP contribution is 2.57. The number of benzene rings is 10. The second kappa shape index (κ2) is 21.5. The first kappa shape index (κ1) is 50.1. The van der Waals surface area contributed by atoms with Crippen molar-refractivity contribution in [3.63, 3.8) is 0 Å². The predicted octanol–water partition coefficient (Wildman–Crippen LogP) is 18.0. The molecule has 1 aliphatic heterocycles. The van der Waals surface area contributed by atoms with Gasteiger partial charge in [0.25, 0.3) is 0 Å². The summed E-state index contributed by atoms with van der Waals surface area (Å²) in [7, 11) is 0. The molecule has 0 fully saturated rings. The summed E-state index contributed by atoms with van der Waals surface area (Å²) in [4.78, 5) is 47.7. The summed E-state index contributed by atoms with van der Waals surface area (Å²) in [6, 6.07) is 89.0. The SMILES string of the molecule is Cc1cc(C)c(-c2c(-c3nc(-c4ccccc4)nc(-c4ccccc4)n3)ccc(N3c4ccccc4N(c4cc(-c5ccccc5)nc(-c5ccccc5)n4)c4ccccc43)c2-c2nc(-c3ccccc3)nc(-c3ccccc3)n2)c(C)c1. The van der Waals surface area contributed by atoms with Crippen LogP contribution in [-0.4, -0.2) is 39.9 Å². The normalized spacial score (nSPS) is 11.7. The van der Waals surface area contributed by atoms with Gasteiger partial charge in [0, 0.05) is 50.6 Å². The maximum Gasteiger partial charge on any atom is 0.166 e. The fourth-order valence-corrected chi connectivity index (χ4v) is 11.3. The van der Waals surface area contributed by atoms with Crippen molar-refractivity contribution >= 4 is 34.3 Å². The number of rotatable bonds is 11. The monoisotopic (exact) mass is 1070 g/mol. The highest BCUT2D eigenvalue weighted by Gasteiger charge is 2.36. The maximum atomic E-state index is 5.61. The Morgan fingerprint density at radius 1 is 0.241 bits per heavy atom. The van der Waals surface area contributed by atoms with E-state index in [4.69, 9.17) is 39.9 Å². The van der Waals surface area contributed by atoms with Crippen molar-refractivity contribution in [1.82, 2.24) is 39.9 Å². The van der Waals surface area contributed by atoms with Crippen molar-refractivity contribution < 1.29 is 0 Å². The van der Waals surface area contributed by atoms with Gasteiger partial charge in [-0.1, -0.05) is 224 Å². The first-order chi connectivity index (χ1) is 40.9. The van der Waals surface area contributed by atoms with E-state index in [-0.39, 0.29) is 0 Å². The van der Waals surface area contributed by atoms with E-state index in [2.05, 4.69) is 134 Å². The molecule has 0 saturated carbocycles. The zero-order valence-corrected chi connectivity index (χ0v) is 45.8. The summed E-state index contributed by atoms with van der Waals surface area (Å²) in [5, 5.41) is 0. The van der Waals surface area contributed by atoms with Crippen LogP contribution in [-0.2, 0) is 0 Å². The van der Waals surface area contributed by atoms with Crippen molar-refractivity contribution in [2.75, 3.05) is 9.80 Å². The maximum absolute atomic E-state index is 5.61. The Morgan fingerprint density at radius 2 is 0.578 bits per heavy atom. The second-order valence-electron chi connectivity index (χ2n) is 20.5. The molecule has 0 amide bonds. The Bertz CT molecular complexity index is 4280.